The Morgan fingerprint density at radius 2 is 1.86 bits per heavy atom. The van der Waals surface area contributed by atoms with Crippen LogP contribution in [0.5, 0.6) is 0 Å². The quantitative estimate of drug-likeness (QED) is 0.612. The molecule has 0 aliphatic heterocycles. The summed E-state index contributed by atoms with van der Waals surface area (Å²) in [5.74, 6) is 1.05. The smallest absolute Gasteiger partial charge is 0.267 e. The van der Waals surface area contributed by atoms with E-state index in [-0.39, 0.29) is 10.8 Å². The van der Waals surface area contributed by atoms with Gasteiger partial charge in [0.1, 0.15) is 10.6 Å². The van der Waals surface area contributed by atoms with Gasteiger partial charge in [-0.05, 0) is 50.2 Å². The standard InChI is InChI=1S/C18H19N3O5S2/c1-11-5-10-15(26-11)18-19-12(2)16(27-18)17(22)20-13-6-8-14(9-7-13)28(23,24)21(3)25-4/h5-10H,1-4H3,(H,20,22). The average Bonchev–Trinajstić information content (AvgIpc) is 3.27. The largest absolute Gasteiger partial charge is 0.459 e. The predicted octanol–water partition coefficient (Wildman–Crippen LogP) is 3.45. The van der Waals surface area contributed by atoms with Gasteiger partial charge in [-0.15, -0.1) is 11.3 Å². The van der Waals surface area contributed by atoms with Gasteiger partial charge in [-0.1, -0.05) is 4.47 Å². The molecule has 1 amide bonds. The van der Waals surface area contributed by atoms with Crippen molar-refractivity contribution in [2.45, 2.75) is 18.7 Å². The van der Waals surface area contributed by atoms with Crippen molar-refractivity contribution >= 4 is 33.0 Å². The van der Waals surface area contributed by atoms with E-state index in [0.717, 1.165) is 10.2 Å². The molecule has 0 saturated carbocycles. The Morgan fingerprint density at radius 3 is 2.43 bits per heavy atom. The minimum atomic E-state index is -3.74. The highest BCUT2D eigenvalue weighted by molar-refractivity contribution is 7.89. The number of thiazole rings is 1. The van der Waals surface area contributed by atoms with E-state index in [9.17, 15) is 13.2 Å². The molecule has 2 heterocycles. The monoisotopic (exact) mass is 421 g/mol. The normalized spacial score (nSPS) is 11.8. The topological polar surface area (TPSA) is 102 Å². The SMILES string of the molecule is CON(C)S(=O)(=O)c1ccc(NC(=O)c2sc(-c3ccc(C)o3)nc2C)cc1. The van der Waals surface area contributed by atoms with Crippen molar-refractivity contribution in [2.24, 2.45) is 0 Å². The number of furan rings is 1. The van der Waals surface area contributed by atoms with Gasteiger partial charge in [0.15, 0.2) is 10.8 Å². The maximum atomic E-state index is 12.6. The van der Waals surface area contributed by atoms with Crippen molar-refractivity contribution in [3.05, 3.63) is 52.7 Å². The second-order valence-corrected chi connectivity index (χ2v) is 8.85. The van der Waals surface area contributed by atoms with Gasteiger partial charge in [0.2, 0.25) is 0 Å². The minimum Gasteiger partial charge on any atom is -0.459 e. The van der Waals surface area contributed by atoms with Gasteiger partial charge in [-0.2, -0.15) is 0 Å². The number of carbonyl (C=O) groups excluding carboxylic acids is 1. The van der Waals surface area contributed by atoms with E-state index in [4.69, 9.17) is 9.25 Å². The van der Waals surface area contributed by atoms with Crippen molar-refractivity contribution in [1.82, 2.24) is 9.45 Å². The third-order valence-corrected chi connectivity index (χ3v) is 6.82. The van der Waals surface area contributed by atoms with Crippen LogP contribution in [0, 0.1) is 13.8 Å². The number of aryl methyl sites for hydroxylation is 2. The zero-order chi connectivity index (χ0) is 20.5. The van der Waals surface area contributed by atoms with Crippen LogP contribution < -0.4 is 5.32 Å². The number of nitrogens with one attached hydrogen (secondary N) is 1. The van der Waals surface area contributed by atoms with Crippen LogP contribution in [0.4, 0.5) is 5.69 Å². The molecular formula is C18H19N3O5S2. The van der Waals surface area contributed by atoms with Crippen LogP contribution in [-0.2, 0) is 14.9 Å². The Kier molecular flexibility index (Phi) is 5.66. The Balaban J connectivity index is 1.78. The molecule has 0 fully saturated rings. The number of carbonyl (C=O) groups is 1. The summed E-state index contributed by atoms with van der Waals surface area (Å²) >= 11 is 1.23. The first-order chi connectivity index (χ1) is 13.2. The molecule has 3 aromatic rings. The van der Waals surface area contributed by atoms with Gasteiger partial charge >= 0.3 is 0 Å². The number of rotatable bonds is 6. The number of sulfonamides is 1. The zero-order valence-electron chi connectivity index (χ0n) is 15.7. The Labute approximate surface area is 166 Å². The molecule has 8 nitrogen and oxygen atoms in total. The summed E-state index contributed by atoms with van der Waals surface area (Å²) in [6, 6.07) is 9.48. The second-order valence-electron chi connectivity index (χ2n) is 5.92. The summed E-state index contributed by atoms with van der Waals surface area (Å²) in [5.41, 5.74) is 1.06. The van der Waals surface area contributed by atoms with Crippen molar-refractivity contribution in [2.75, 3.05) is 19.5 Å². The lowest BCUT2D eigenvalue weighted by atomic mass is 10.3. The van der Waals surface area contributed by atoms with E-state index >= 15 is 0 Å². The average molecular weight is 422 g/mol. The molecule has 0 unspecified atom stereocenters. The zero-order valence-corrected chi connectivity index (χ0v) is 17.3. The summed E-state index contributed by atoms with van der Waals surface area (Å²) in [6.45, 7) is 3.59. The molecule has 0 spiro atoms. The fraction of sp³-hybridized carbons (Fsp3) is 0.222. The molecule has 0 aliphatic rings. The third kappa shape index (κ3) is 3.99. The number of anilines is 1. The van der Waals surface area contributed by atoms with Crippen LogP contribution in [0.25, 0.3) is 10.8 Å². The number of nitrogens with zero attached hydrogens (tertiary/aromatic N) is 2. The van der Waals surface area contributed by atoms with E-state index in [1.807, 2.05) is 19.1 Å². The number of benzene rings is 1. The van der Waals surface area contributed by atoms with E-state index in [1.165, 1.54) is 49.8 Å². The molecule has 1 N–H and O–H groups in total. The van der Waals surface area contributed by atoms with Crippen LogP contribution in [-0.4, -0.2) is 37.9 Å². The Morgan fingerprint density at radius 1 is 1.18 bits per heavy atom. The predicted molar refractivity (Wildman–Crippen MR) is 106 cm³/mol. The van der Waals surface area contributed by atoms with E-state index in [1.54, 1.807) is 6.92 Å². The maximum absolute atomic E-state index is 12.6. The number of hydrogen-bond acceptors (Lipinski definition) is 7. The summed E-state index contributed by atoms with van der Waals surface area (Å²) in [4.78, 5) is 22.3. The fourth-order valence-electron chi connectivity index (χ4n) is 2.41. The first-order valence-corrected chi connectivity index (χ1v) is 10.5. The minimum absolute atomic E-state index is 0.0549. The molecule has 3 rings (SSSR count). The summed E-state index contributed by atoms with van der Waals surface area (Å²) in [5, 5.41) is 3.38. The number of hydrogen-bond donors (Lipinski definition) is 1. The number of amides is 1. The number of aromatic nitrogens is 1. The molecule has 10 heteroatoms. The van der Waals surface area contributed by atoms with Crippen LogP contribution in [0.15, 0.2) is 45.7 Å². The van der Waals surface area contributed by atoms with Crippen molar-refractivity contribution < 1.29 is 22.5 Å². The van der Waals surface area contributed by atoms with Crippen LogP contribution in [0.2, 0.25) is 0 Å². The van der Waals surface area contributed by atoms with Crippen LogP contribution in [0.3, 0.4) is 0 Å². The lowest BCUT2D eigenvalue weighted by Crippen LogP contribution is -2.25. The van der Waals surface area contributed by atoms with Gasteiger partial charge in [-0.25, -0.2) is 13.4 Å². The van der Waals surface area contributed by atoms with Gasteiger partial charge in [-0.3, -0.25) is 9.63 Å². The lowest BCUT2D eigenvalue weighted by molar-refractivity contribution is -0.0258. The third-order valence-electron chi connectivity index (χ3n) is 3.96. The Bertz CT molecular complexity index is 1100. The maximum Gasteiger partial charge on any atom is 0.267 e. The summed E-state index contributed by atoms with van der Waals surface area (Å²) in [6.07, 6.45) is 0. The molecule has 0 bridgehead atoms. The molecule has 0 atom stereocenters. The van der Waals surface area contributed by atoms with E-state index in [2.05, 4.69) is 10.3 Å². The summed E-state index contributed by atoms with van der Waals surface area (Å²) < 4.78 is 30.7. The molecule has 0 saturated heterocycles. The summed E-state index contributed by atoms with van der Waals surface area (Å²) in [7, 11) is -1.17. The van der Waals surface area contributed by atoms with Crippen LogP contribution in [0.1, 0.15) is 21.1 Å². The molecule has 0 aliphatic carbocycles. The first kappa shape index (κ1) is 20.2. The van der Waals surface area contributed by atoms with E-state index < -0.39 is 10.0 Å². The van der Waals surface area contributed by atoms with Gasteiger partial charge < -0.3 is 9.73 Å². The van der Waals surface area contributed by atoms with Crippen molar-refractivity contribution in [3.63, 3.8) is 0 Å². The molecule has 2 aromatic heterocycles. The molecular weight excluding hydrogens is 402 g/mol. The van der Waals surface area contributed by atoms with Crippen molar-refractivity contribution in [1.29, 1.82) is 0 Å². The van der Waals surface area contributed by atoms with Crippen LogP contribution >= 0.6 is 11.3 Å². The second kappa shape index (κ2) is 7.84. The molecule has 1 aromatic carbocycles. The molecule has 28 heavy (non-hydrogen) atoms. The molecule has 0 radical (unpaired) electrons. The van der Waals surface area contributed by atoms with Gasteiger partial charge in [0.25, 0.3) is 15.9 Å². The fourth-order valence-corrected chi connectivity index (χ4v) is 4.30. The lowest BCUT2D eigenvalue weighted by Gasteiger charge is -2.14. The highest BCUT2D eigenvalue weighted by Gasteiger charge is 2.21. The highest BCUT2D eigenvalue weighted by Crippen LogP contribution is 2.30. The van der Waals surface area contributed by atoms with Gasteiger partial charge in [0, 0.05) is 12.7 Å². The Hall–Kier alpha value is -2.53. The highest BCUT2D eigenvalue weighted by atomic mass is 32.2. The molecule has 148 valence electrons. The van der Waals surface area contributed by atoms with E-state index in [0.29, 0.717) is 27.0 Å². The van der Waals surface area contributed by atoms with Gasteiger partial charge in [0.05, 0.1) is 17.7 Å². The van der Waals surface area contributed by atoms with Crippen molar-refractivity contribution in [3.8, 4) is 10.8 Å². The first-order valence-electron chi connectivity index (χ1n) is 8.21. The number of hydroxylamine groups is 1.